The van der Waals surface area contributed by atoms with Crippen LogP contribution in [0.5, 0.6) is 0 Å². The molecule has 0 atom stereocenters. The molecule has 0 heterocycles. The average Bonchev–Trinajstić information content (AvgIpc) is 2.17. The number of nitrogens with one attached hydrogen (secondary N) is 1. The van der Waals surface area contributed by atoms with E-state index in [2.05, 4.69) is 10.6 Å². The summed E-state index contributed by atoms with van der Waals surface area (Å²) in [6.45, 7) is 0.00957. The largest absolute Gasteiger partial charge is 0.243 e. The Morgan fingerprint density at radius 2 is 2.06 bits per heavy atom. The lowest BCUT2D eigenvalue weighted by atomic mass is 10.3. The lowest BCUT2D eigenvalue weighted by molar-refractivity contribution is 0.543. The second-order valence-corrected chi connectivity index (χ2v) is 4.66. The van der Waals surface area contributed by atoms with Crippen molar-refractivity contribution in [3.8, 4) is 12.3 Å². The zero-order valence-electron chi connectivity index (χ0n) is 8.20. The highest BCUT2D eigenvalue weighted by Gasteiger charge is 2.18. The van der Waals surface area contributed by atoms with Crippen molar-refractivity contribution >= 4 is 10.0 Å². The maximum atomic E-state index is 13.2. The van der Waals surface area contributed by atoms with Crippen LogP contribution in [0.4, 0.5) is 8.78 Å². The first-order chi connectivity index (χ1) is 7.47. The molecule has 0 saturated heterocycles. The molecule has 0 radical (unpaired) electrons. The molecule has 0 fully saturated rings. The van der Waals surface area contributed by atoms with Gasteiger partial charge in [-0.15, -0.1) is 12.3 Å². The van der Waals surface area contributed by atoms with Crippen LogP contribution in [-0.4, -0.2) is 15.0 Å². The number of rotatable bonds is 4. The summed E-state index contributed by atoms with van der Waals surface area (Å²) in [6.07, 6.45) is 5.13. The van der Waals surface area contributed by atoms with Gasteiger partial charge in [0.1, 0.15) is 16.5 Å². The van der Waals surface area contributed by atoms with Crippen molar-refractivity contribution in [3.63, 3.8) is 0 Å². The zero-order valence-corrected chi connectivity index (χ0v) is 9.02. The molecule has 1 N–H and O–H groups in total. The van der Waals surface area contributed by atoms with Crippen molar-refractivity contribution in [2.45, 2.75) is 11.3 Å². The van der Waals surface area contributed by atoms with Crippen molar-refractivity contribution in [3.05, 3.63) is 29.8 Å². The molecule has 0 spiro atoms. The molecule has 6 heteroatoms. The molecule has 0 saturated carbocycles. The van der Waals surface area contributed by atoms with Gasteiger partial charge in [-0.25, -0.2) is 21.9 Å². The third kappa shape index (κ3) is 3.02. The fraction of sp³-hybridized carbons (Fsp3) is 0.200. The molecule has 0 aromatic heterocycles. The summed E-state index contributed by atoms with van der Waals surface area (Å²) in [5.74, 6) is 0.270. The summed E-state index contributed by atoms with van der Waals surface area (Å²) in [7, 11) is -3.97. The quantitative estimate of drug-likeness (QED) is 0.641. The third-order valence-electron chi connectivity index (χ3n) is 1.74. The molecule has 0 unspecified atom stereocenters. The predicted molar refractivity (Wildman–Crippen MR) is 55.0 cm³/mol. The SMILES string of the molecule is C#CCCNS(=O)(=O)c1ccc(F)cc1F. The normalized spacial score (nSPS) is 11.1. The Labute approximate surface area is 92.5 Å². The molecule has 0 bridgehead atoms. The minimum Gasteiger partial charge on any atom is -0.210 e. The topological polar surface area (TPSA) is 46.2 Å². The molecule has 16 heavy (non-hydrogen) atoms. The molecular weight excluding hydrogens is 236 g/mol. The number of halogens is 2. The fourth-order valence-electron chi connectivity index (χ4n) is 1.03. The second-order valence-electron chi connectivity index (χ2n) is 2.93. The van der Waals surface area contributed by atoms with E-state index >= 15 is 0 Å². The molecule has 0 aliphatic rings. The first-order valence-electron chi connectivity index (χ1n) is 4.35. The van der Waals surface area contributed by atoms with Crippen molar-refractivity contribution in [1.29, 1.82) is 0 Å². The van der Waals surface area contributed by atoms with Gasteiger partial charge in [0.15, 0.2) is 0 Å². The number of benzene rings is 1. The monoisotopic (exact) mass is 245 g/mol. The van der Waals surface area contributed by atoms with E-state index in [1.165, 1.54) is 0 Å². The van der Waals surface area contributed by atoms with E-state index in [-0.39, 0.29) is 13.0 Å². The van der Waals surface area contributed by atoms with E-state index in [0.29, 0.717) is 6.07 Å². The molecule has 1 rings (SSSR count). The van der Waals surface area contributed by atoms with Gasteiger partial charge in [-0.05, 0) is 12.1 Å². The van der Waals surface area contributed by atoms with Crippen LogP contribution in [0.3, 0.4) is 0 Å². The molecular formula is C10H9F2NO2S. The highest BCUT2D eigenvalue weighted by Crippen LogP contribution is 2.14. The molecule has 1 aromatic rings. The summed E-state index contributed by atoms with van der Waals surface area (Å²) in [5, 5.41) is 0. The maximum Gasteiger partial charge on any atom is 0.243 e. The summed E-state index contributed by atoms with van der Waals surface area (Å²) in [5.41, 5.74) is 0. The second kappa shape index (κ2) is 5.05. The molecule has 3 nitrogen and oxygen atoms in total. The van der Waals surface area contributed by atoms with Gasteiger partial charge < -0.3 is 0 Å². The van der Waals surface area contributed by atoms with Gasteiger partial charge in [0.05, 0.1) is 0 Å². The van der Waals surface area contributed by atoms with Gasteiger partial charge >= 0.3 is 0 Å². The van der Waals surface area contributed by atoms with E-state index in [1.54, 1.807) is 0 Å². The molecule has 1 aromatic carbocycles. The molecule has 86 valence electrons. The van der Waals surface area contributed by atoms with Crippen LogP contribution in [-0.2, 0) is 10.0 Å². The number of hydrogen-bond donors (Lipinski definition) is 1. The van der Waals surface area contributed by atoms with E-state index in [9.17, 15) is 17.2 Å². The van der Waals surface area contributed by atoms with Crippen LogP contribution in [0.15, 0.2) is 23.1 Å². The number of sulfonamides is 1. The summed E-state index contributed by atoms with van der Waals surface area (Å²) < 4.78 is 50.8. The van der Waals surface area contributed by atoms with Gasteiger partial charge in [-0.1, -0.05) is 0 Å². The summed E-state index contributed by atoms with van der Waals surface area (Å²) in [6, 6.07) is 2.25. The van der Waals surface area contributed by atoms with E-state index in [1.807, 2.05) is 0 Å². The Morgan fingerprint density at radius 1 is 1.38 bits per heavy atom. The average molecular weight is 245 g/mol. The van der Waals surface area contributed by atoms with Gasteiger partial charge in [-0.2, -0.15) is 0 Å². The smallest absolute Gasteiger partial charge is 0.210 e. The molecule has 0 amide bonds. The van der Waals surface area contributed by atoms with Crippen LogP contribution >= 0.6 is 0 Å². The highest BCUT2D eigenvalue weighted by atomic mass is 32.2. The Hall–Kier alpha value is -1.45. The van der Waals surface area contributed by atoms with Crippen LogP contribution < -0.4 is 4.72 Å². The van der Waals surface area contributed by atoms with Gasteiger partial charge in [0.2, 0.25) is 10.0 Å². The first kappa shape index (κ1) is 12.6. The van der Waals surface area contributed by atoms with E-state index < -0.39 is 26.6 Å². The van der Waals surface area contributed by atoms with Crippen molar-refractivity contribution in [1.82, 2.24) is 4.72 Å². The Balaban J connectivity index is 2.95. The first-order valence-corrected chi connectivity index (χ1v) is 5.84. The predicted octanol–water partition coefficient (Wildman–Crippen LogP) is 1.27. The van der Waals surface area contributed by atoms with Gasteiger partial charge in [0.25, 0.3) is 0 Å². The van der Waals surface area contributed by atoms with Gasteiger partial charge in [-0.3, -0.25) is 0 Å². The minimum atomic E-state index is -3.97. The summed E-state index contributed by atoms with van der Waals surface area (Å²) >= 11 is 0. The maximum absolute atomic E-state index is 13.2. The van der Waals surface area contributed by atoms with Crippen LogP contribution in [0, 0.1) is 24.0 Å². The van der Waals surface area contributed by atoms with Crippen LogP contribution in [0.2, 0.25) is 0 Å². The zero-order chi connectivity index (χ0) is 12.2. The molecule has 0 aliphatic heterocycles. The molecule has 0 aliphatic carbocycles. The third-order valence-corrected chi connectivity index (χ3v) is 3.24. The van der Waals surface area contributed by atoms with E-state index in [4.69, 9.17) is 6.42 Å². The Morgan fingerprint density at radius 3 is 2.62 bits per heavy atom. The van der Waals surface area contributed by atoms with E-state index in [0.717, 1.165) is 12.1 Å². The highest BCUT2D eigenvalue weighted by molar-refractivity contribution is 7.89. The van der Waals surface area contributed by atoms with Gasteiger partial charge in [0, 0.05) is 19.0 Å². The number of terminal acetylenes is 1. The number of hydrogen-bond acceptors (Lipinski definition) is 2. The lowest BCUT2D eigenvalue weighted by Crippen LogP contribution is -2.25. The van der Waals surface area contributed by atoms with Crippen LogP contribution in [0.1, 0.15) is 6.42 Å². The minimum absolute atomic E-state index is 0.00957. The van der Waals surface area contributed by atoms with Crippen molar-refractivity contribution < 1.29 is 17.2 Å². The fourth-order valence-corrected chi connectivity index (χ4v) is 2.12. The Kier molecular flexibility index (Phi) is 3.99. The summed E-state index contributed by atoms with van der Waals surface area (Å²) in [4.78, 5) is -0.592. The standard InChI is InChI=1S/C10H9F2NO2S/c1-2-3-6-13-16(14,15)10-5-4-8(11)7-9(10)12/h1,4-5,7,13H,3,6H2. The van der Waals surface area contributed by atoms with Crippen molar-refractivity contribution in [2.24, 2.45) is 0 Å². The lowest BCUT2D eigenvalue weighted by Gasteiger charge is -2.05. The van der Waals surface area contributed by atoms with Crippen LogP contribution in [0.25, 0.3) is 0 Å². The van der Waals surface area contributed by atoms with Crippen molar-refractivity contribution in [2.75, 3.05) is 6.54 Å². The Bertz CT molecular complexity index is 520.